The summed E-state index contributed by atoms with van der Waals surface area (Å²) in [6, 6.07) is 0. The Balaban J connectivity index is 2.64. The Morgan fingerprint density at radius 1 is 1.14 bits per heavy atom. The van der Waals surface area contributed by atoms with Gasteiger partial charge in [0.15, 0.2) is 0 Å². The molecule has 0 spiro atoms. The van der Waals surface area contributed by atoms with Crippen molar-refractivity contribution in [1.82, 2.24) is 0 Å². The predicted molar refractivity (Wildman–Crippen MR) is 52.3 cm³/mol. The predicted octanol–water partition coefficient (Wildman–Crippen LogP) is 1.84. The summed E-state index contributed by atoms with van der Waals surface area (Å²) in [5.74, 6) is -1.27. The monoisotopic (exact) mass is 194 g/mol. The fourth-order valence-electron chi connectivity index (χ4n) is 1.59. The Bertz CT molecular complexity index is 242. The highest BCUT2D eigenvalue weighted by atomic mass is 16.6. The van der Waals surface area contributed by atoms with E-state index in [1.165, 1.54) is 0 Å². The van der Waals surface area contributed by atoms with Gasteiger partial charge in [-0.3, -0.25) is 9.59 Å². The number of rotatable bonds is 4. The third-order valence-corrected chi connectivity index (χ3v) is 2.34. The van der Waals surface area contributed by atoms with Gasteiger partial charge in [-0.2, -0.15) is 0 Å². The van der Waals surface area contributed by atoms with Crippen LogP contribution in [0.25, 0.3) is 0 Å². The molecule has 0 aliphatic carbocycles. The second-order valence-electron chi connectivity index (χ2n) is 3.42. The van der Waals surface area contributed by atoms with E-state index < -0.39 is 11.9 Å². The summed E-state index contributed by atoms with van der Waals surface area (Å²) >= 11 is 0. The van der Waals surface area contributed by atoms with E-state index >= 15 is 0 Å². The number of esters is 2. The first-order chi connectivity index (χ1) is 6.69. The maximum Gasteiger partial charge on any atom is 0.316 e. The van der Waals surface area contributed by atoms with Crippen LogP contribution in [-0.4, -0.2) is 11.9 Å². The summed E-state index contributed by atoms with van der Waals surface area (Å²) in [6.07, 6.45) is 5.04. The van der Waals surface area contributed by atoms with Crippen molar-refractivity contribution in [2.24, 2.45) is 11.8 Å². The molecule has 2 unspecified atom stereocenters. The molecule has 0 saturated carbocycles. The molecule has 3 heteroatoms. The van der Waals surface area contributed by atoms with Gasteiger partial charge in [-0.25, -0.2) is 0 Å². The normalized spacial score (nSPS) is 26.9. The maximum absolute atomic E-state index is 11.2. The second kappa shape index (κ2) is 4.74. The number of ether oxygens (including phenoxy) is 1. The molecule has 1 saturated heterocycles. The summed E-state index contributed by atoms with van der Waals surface area (Å²) in [4.78, 5) is 22.5. The fourth-order valence-corrected chi connectivity index (χ4v) is 1.59. The smallest absolute Gasteiger partial charge is 0.316 e. The van der Waals surface area contributed by atoms with E-state index in [-0.39, 0.29) is 11.8 Å². The number of cyclic esters (lactones) is 2. The number of allylic oxidation sites excluding steroid dienone is 2. The van der Waals surface area contributed by atoms with Gasteiger partial charge < -0.3 is 4.74 Å². The molecule has 0 bridgehead atoms. The molecule has 1 aliphatic rings. The van der Waals surface area contributed by atoms with Crippen molar-refractivity contribution in [2.45, 2.75) is 19.3 Å². The van der Waals surface area contributed by atoms with Crippen molar-refractivity contribution in [3.8, 4) is 0 Å². The van der Waals surface area contributed by atoms with Gasteiger partial charge in [0.2, 0.25) is 0 Å². The van der Waals surface area contributed by atoms with E-state index in [1.54, 1.807) is 12.2 Å². The molecule has 1 rings (SSSR count). The van der Waals surface area contributed by atoms with E-state index in [9.17, 15) is 9.59 Å². The minimum atomic E-state index is -0.421. The van der Waals surface area contributed by atoms with Gasteiger partial charge in [0.1, 0.15) is 0 Å². The molecule has 0 amide bonds. The Morgan fingerprint density at radius 3 is 1.93 bits per heavy atom. The number of carbonyl (C=O) groups is 2. The fraction of sp³-hybridized carbons (Fsp3) is 0.455. The first kappa shape index (κ1) is 10.7. The zero-order chi connectivity index (χ0) is 10.6. The Kier molecular flexibility index (Phi) is 3.63. The molecule has 3 nitrogen and oxygen atoms in total. The zero-order valence-electron chi connectivity index (χ0n) is 8.07. The van der Waals surface area contributed by atoms with Gasteiger partial charge in [0, 0.05) is 0 Å². The molecular formula is C11H14O3. The molecular weight excluding hydrogens is 180 g/mol. The van der Waals surface area contributed by atoms with Gasteiger partial charge in [-0.15, -0.1) is 13.2 Å². The standard InChI is InChI=1S/C11H14O3/c1-3-5-8-7-9(6-4-2)11(13)14-10(8)12/h3-4,8-9H,1-2,5-7H2. The van der Waals surface area contributed by atoms with Crippen LogP contribution < -0.4 is 0 Å². The Labute approximate surface area is 83.4 Å². The Hall–Kier alpha value is -1.38. The van der Waals surface area contributed by atoms with Crippen molar-refractivity contribution >= 4 is 11.9 Å². The van der Waals surface area contributed by atoms with E-state index in [2.05, 4.69) is 17.9 Å². The number of carbonyl (C=O) groups excluding carboxylic acids is 2. The van der Waals surface area contributed by atoms with Crippen LogP contribution >= 0.6 is 0 Å². The summed E-state index contributed by atoms with van der Waals surface area (Å²) < 4.78 is 4.64. The van der Waals surface area contributed by atoms with Crippen molar-refractivity contribution in [3.05, 3.63) is 25.3 Å². The van der Waals surface area contributed by atoms with Crippen LogP contribution in [0.3, 0.4) is 0 Å². The summed E-state index contributed by atoms with van der Waals surface area (Å²) in [7, 11) is 0. The first-order valence-corrected chi connectivity index (χ1v) is 4.66. The van der Waals surface area contributed by atoms with Crippen LogP contribution in [0.4, 0.5) is 0 Å². The van der Waals surface area contributed by atoms with Crippen molar-refractivity contribution < 1.29 is 14.3 Å². The molecule has 1 heterocycles. The van der Waals surface area contributed by atoms with Gasteiger partial charge in [-0.1, -0.05) is 12.2 Å². The van der Waals surface area contributed by atoms with Gasteiger partial charge in [-0.05, 0) is 19.3 Å². The molecule has 0 aromatic rings. The molecule has 76 valence electrons. The van der Waals surface area contributed by atoms with Crippen LogP contribution in [0.1, 0.15) is 19.3 Å². The molecule has 0 radical (unpaired) electrons. The highest BCUT2D eigenvalue weighted by molar-refractivity contribution is 5.90. The average Bonchev–Trinajstić information content (AvgIpc) is 2.14. The van der Waals surface area contributed by atoms with Crippen LogP contribution in [0.15, 0.2) is 25.3 Å². The lowest BCUT2D eigenvalue weighted by molar-refractivity contribution is -0.171. The Morgan fingerprint density at radius 2 is 1.57 bits per heavy atom. The lowest BCUT2D eigenvalue weighted by Gasteiger charge is -2.24. The first-order valence-electron chi connectivity index (χ1n) is 4.66. The van der Waals surface area contributed by atoms with Crippen LogP contribution in [-0.2, 0) is 14.3 Å². The quantitative estimate of drug-likeness (QED) is 0.389. The molecule has 14 heavy (non-hydrogen) atoms. The van der Waals surface area contributed by atoms with E-state index in [4.69, 9.17) is 0 Å². The van der Waals surface area contributed by atoms with Crippen LogP contribution in [0, 0.1) is 11.8 Å². The largest absolute Gasteiger partial charge is 0.393 e. The van der Waals surface area contributed by atoms with Gasteiger partial charge in [0.05, 0.1) is 11.8 Å². The van der Waals surface area contributed by atoms with E-state index in [0.717, 1.165) is 0 Å². The summed E-state index contributed by atoms with van der Waals surface area (Å²) in [6.45, 7) is 7.13. The van der Waals surface area contributed by atoms with Crippen molar-refractivity contribution in [2.75, 3.05) is 0 Å². The minimum absolute atomic E-state index is 0.213. The average molecular weight is 194 g/mol. The lowest BCUT2D eigenvalue weighted by atomic mass is 9.88. The lowest BCUT2D eigenvalue weighted by Crippen LogP contribution is -2.34. The molecule has 1 aliphatic heterocycles. The van der Waals surface area contributed by atoms with E-state index in [0.29, 0.717) is 19.3 Å². The third-order valence-electron chi connectivity index (χ3n) is 2.34. The molecule has 0 aromatic heterocycles. The number of hydrogen-bond acceptors (Lipinski definition) is 3. The molecule has 0 aromatic carbocycles. The second-order valence-corrected chi connectivity index (χ2v) is 3.42. The van der Waals surface area contributed by atoms with Crippen molar-refractivity contribution in [3.63, 3.8) is 0 Å². The highest BCUT2D eigenvalue weighted by Gasteiger charge is 2.35. The van der Waals surface area contributed by atoms with Crippen LogP contribution in [0.2, 0.25) is 0 Å². The maximum atomic E-state index is 11.2. The zero-order valence-corrected chi connectivity index (χ0v) is 8.07. The number of hydrogen-bond donors (Lipinski definition) is 0. The minimum Gasteiger partial charge on any atom is -0.393 e. The molecule has 0 N–H and O–H groups in total. The van der Waals surface area contributed by atoms with Gasteiger partial charge >= 0.3 is 11.9 Å². The SMILES string of the molecule is C=CCC1CC(CC=C)C(=O)OC1=O. The van der Waals surface area contributed by atoms with Crippen LogP contribution in [0.5, 0.6) is 0 Å². The van der Waals surface area contributed by atoms with E-state index in [1.807, 2.05) is 0 Å². The molecule has 2 atom stereocenters. The summed E-state index contributed by atoms with van der Waals surface area (Å²) in [5, 5.41) is 0. The highest BCUT2D eigenvalue weighted by Crippen LogP contribution is 2.27. The van der Waals surface area contributed by atoms with Crippen molar-refractivity contribution in [1.29, 1.82) is 0 Å². The molecule has 1 fully saturated rings. The summed E-state index contributed by atoms with van der Waals surface area (Å²) in [5.41, 5.74) is 0. The topological polar surface area (TPSA) is 43.4 Å². The third kappa shape index (κ3) is 2.31. The van der Waals surface area contributed by atoms with Gasteiger partial charge in [0.25, 0.3) is 0 Å².